The molecule has 132 valence electrons. The Morgan fingerprint density at radius 3 is 2.77 bits per heavy atom. The summed E-state index contributed by atoms with van der Waals surface area (Å²) in [6.07, 6.45) is 1.15. The van der Waals surface area contributed by atoms with Gasteiger partial charge in [-0.3, -0.25) is 9.36 Å². The lowest BCUT2D eigenvalue weighted by atomic mass is 9.97. The molecule has 3 heterocycles. The van der Waals surface area contributed by atoms with Crippen molar-refractivity contribution in [1.29, 1.82) is 0 Å². The summed E-state index contributed by atoms with van der Waals surface area (Å²) >= 11 is 6.26. The van der Waals surface area contributed by atoms with Crippen LogP contribution in [0.1, 0.15) is 16.7 Å². The van der Waals surface area contributed by atoms with Crippen LogP contribution in [0.2, 0.25) is 5.02 Å². The number of benzene rings is 1. The summed E-state index contributed by atoms with van der Waals surface area (Å²) in [7, 11) is 0. The van der Waals surface area contributed by atoms with Crippen LogP contribution in [-0.2, 0) is 19.5 Å². The number of hydrogen-bond donors (Lipinski definition) is 1. The zero-order valence-electron chi connectivity index (χ0n) is 13.9. The molecule has 2 aromatic heterocycles. The third-order valence-corrected chi connectivity index (χ3v) is 5.14. The SMILES string of the molecule is O=C(O)N1CCc2c(c(=O)n(Cc3ccccc3Cl)c3ncccc23)C1. The molecule has 0 atom stereocenters. The van der Waals surface area contributed by atoms with Crippen LogP contribution >= 0.6 is 11.6 Å². The van der Waals surface area contributed by atoms with Crippen LogP contribution in [0.5, 0.6) is 0 Å². The third kappa shape index (κ3) is 2.72. The average molecular weight is 370 g/mol. The monoisotopic (exact) mass is 369 g/mol. The first-order chi connectivity index (χ1) is 12.6. The van der Waals surface area contributed by atoms with Crippen molar-refractivity contribution < 1.29 is 9.90 Å². The largest absolute Gasteiger partial charge is 0.465 e. The standard InChI is InChI=1S/C19H16ClN3O3/c20-16-6-2-1-4-12(16)10-23-17-14(5-3-8-21-17)13-7-9-22(19(25)26)11-15(13)18(23)24/h1-6,8H,7,9-11H2,(H,25,26). The number of carbonyl (C=O) groups is 1. The Kier molecular flexibility index (Phi) is 4.12. The molecule has 26 heavy (non-hydrogen) atoms. The van der Waals surface area contributed by atoms with Crippen molar-refractivity contribution in [2.45, 2.75) is 19.5 Å². The molecule has 7 heteroatoms. The van der Waals surface area contributed by atoms with Crippen LogP contribution in [0.15, 0.2) is 47.4 Å². The molecule has 6 nitrogen and oxygen atoms in total. The van der Waals surface area contributed by atoms with Crippen molar-refractivity contribution in [3.05, 3.63) is 74.7 Å². The van der Waals surface area contributed by atoms with Crippen LogP contribution in [0, 0.1) is 0 Å². The highest BCUT2D eigenvalue weighted by atomic mass is 35.5. The Balaban J connectivity index is 1.93. The van der Waals surface area contributed by atoms with Crippen molar-refractivity contribution in [3.63, 3.8) is 0 Å². The van der Waals surface area contributed by atoms with E-state index in [9.17, 15) is 14.7 Å². The topological polar surface area (TPSA) is 75.4 Å². The van der Waals surface area contributed by atoms with Gasteiger partial charge in [-0.15, -0.1) is 0 Å². The maximum atomic E-state index is 13.2. The first-order valence-corrected chi connectivity index (χ1v) is 8.64. The number of rotatable bonds is 2. The minimum atomic E-state index is -1.01. The first-order valence-electron chi connectivity index (χ1n) is 8.27. The van der Waals surface area contributed by atoms with E-state index in [1.54, 1.807) is 16.8 Å². The first kappa shape index (κ1) is 16.6. The predicted octanol–water partition coefficient (Wildman–Crippen LogP) is 3.13. The van der Waals surface area contributed by atoms with Crippen LogP contribution in [0.25, 0.3) is 11.0 Å². The van der Waals surface area contributed by atoms with Gasteiger partial charge < -0.3 is 10.0 Å². The maximum absolute atomic E-state index is 13.2. The fraction of sp³-hybridized carbons (Fsp3) is 0.211. The second-order valence-electron chi connectivity index (χ2n) is 6.27. The molecular weight excluding hydrogens is 354 g/mol. The van der Waals surface area contributed by atoms with Crippen molar-refractivity contribution in [2.24, 2.45) is 0 Å². The van der Waals surface area contributed by atoms with E-state index < -0.39 is 6.09 Å². The molecule has 1 aromatic carbocycles. The highest BCUT2D eigenvalue weighted by Crippen LogP contribution is 2.25. The number of nitrogens with zero attached hydrogens (tertiary/aromatic N) is 3. The van der Waals surface area contributed by atoms with Gasteiger partial charge in [0.2, 0.25) is 0 Å². The fourth-order valence-electron chi connectivity index (χ4n) is 3.47. The van der Waals surface area contributed by atoms with E-state index in [4.69, 9.17) is 11.6 Å². The molecule has 3 aromatic rings. The van der Waals surface area contributed by atoms with Crippen LogP contribution in [0.3, 0.4) is 0 Å². The van der Waals surface area contributed by atoms with E-state index >= 15 is 0 Å². The lowest BCUT2D eigenvalue weighted by Crippen LogP contribution is -2.40. The fourth-order valence-corrected chi connectivity index (χ4v) is 3.67. The summed E-state index contributed by atoms with van der Waals surface area (Å²) in [5, 5.41) is 10.8. The minimum Gasteiger partial charge on any atom is -0.465 e. The van der Waals surface area contributed by atoms with Gasteiger partial charge in [-0.2, -0.15) is 0 Å². The van der Waals surface area contributed by atoms with Gasteiger partial charge in [0.25, 0.3) is 5.56 Å². The molecule has 0 saturated carbocycles. The van der Waals surface area contributed by atoms with Gasteiger partial charge in [-0.25, -0.2) is 9.78 Å². The van der Waals surface area contributed by atoms with Gasteiger partial charge in [0.15, 0.2) is 0 Å². The quantitative estimate of drug-likeness (QED) is 0.753. The summed E-state index contributed by atoms with van der Waals surface area (Å²) in [5.74, 6) is 0. The minimum absolute atomic E-state index is 0.0941. The van der Waals surface area contributed by atoms with Gasteiger partial charge in [0.05, 0.1) is 13.1 Å². The summed E-state index contributed by atoms with van der Waals surface area (Å²) in [4.78, 5) is 30.2. The van der Waals surface area contributed by atoms with Gasteiger partial charge in [0.1, 0.15) is 5.65 Å². The van der Waals surface area contributed by atoms with Gasteiger partial charge >= 0.3 is 6.09 Å². The molecule has 1 amide bonds. The number of amides is 1. The van der Waals surface area contributed by atoms with Gasteiger partial charge in [-0.1, -0.05) is 29.8 Å². The molecule has 0 radical (unpaired) electrons. The summed E-state index contributed by atoms with van der Waals surface area (Å²) in [6, 6.07) is 11.1. The molecule has 0 spiro atoms. The lowest BCUT2D eigenvalue weighted by Gasteiger charge is -2.27. The molecular formula is C19H16ClN3O3. The van der Waals surface area contributed by atoms with Crippen LogP contribution < -0.4 is 5.56 Å². The lowest BCUT2D eigenvalue weighted by molar-refractivity contribution is 0.139. The van der Waals surface area contributed by atoms with E-state index in [-0.39, 0.29) is 18.6 Å². The average Bonchev–Trinajstić information content (AvgIpc) is 2.66. The molecule has 0 fully saturated rings. The zero-order chi connectivity index (χ0) is 18.3. The smallest absolute Gasteiger partial charge is 0.407 e. The van der Waals surface area contributed by atoms with Crippen molar-refractivity contribution in [3.8, 4) is 0 Å². The number of pyridine rings is 2. The van der Waals surface area contributed by atoms with E-state index in [1.165, 1.54) is 4.90 Å². The molecule has 1 aliphatic heterocycles. The van der Waals surface area contributed by atoms with Crippen molar-refractivity contribution in [1.82, 2.24) is 14.5 Å². The van der Waals surface area contributed by atoms with E-state index in [1.807, 2.05) is 30.3 Å². The second kappa shape index (κ2) is 6.46. The van der Waals surface area contributed by atoms with E-state index in [0.717, 1.165) is 16.5 Å². The summed E-state index contributed by atoms with van der Waals surface area (Å²) in [6.45, 7) is 0.753. The highest BCUT2D eigenvalue weighted by Gasteiger charge is 2.26. The molecule has 1 N–H and O–H groups in total. The number of hydrogen-bond acceptors (Lipinski definition) is 3. The van der Waals surface area contributed by atoms with Gasteiger partial charge in [0, 0.05) is 28.7 Å². The molecule has 0 saturated heterocycles. The third-order valence-electron chi connectivity index (χ3n) is 4.77. The van der Waals surface area contributed by atoms with Crippen LogP contribution in [-0.4, -0.2) is 32.2 Å². The normalized spacial score (nSPS) is 13.7. The molecule has 4 rings (SSSR count). The molecule has 0 unspecified atom stereocenters. The summed E-state index contributed by atoms with van der Waals surface area (Å²) < 4.78 is 1.58. The van der Waals surface area contributed by atoms with E-state index in [2.05, 4.69) is 4.98 Å². The Morgan fingerprint density at radius 2 is 2.00 bits per heavy atom. The number of carboxylic acid groups (broad SMARTS) is 1. The number of fused-ring (bicyclic) bond motifs is 3. The Labute approximate surface area is 154 Å². The molecule has 0 aliphatic carbocycles. The zero-order valence-corrected chi connectivity index (χ0v) is 14.6. The van der Waals surface area contributed by atoms with Gasteiger partial charge in [-0.05, 0) is 35.7 Å². The predicted molar refractivity (Wildman–Crippen MR) is 98.7 cm³/mol. The Hall–Kier alpha value is -2.86. The summed E-state index contributed by atoms with van der Waals surface area (Å²) in [5.41, 5.74) is 2.61. The van der Waals surface area contributed by atoms with Crippen molar-refractivity contribution in [2.75, 3.05) is 6.54 Å². The number of halogens is 1. The van der Waals surface area contributed by atoms with Crippen LogP contribution in [0.4, 0.5) is 4.79 Å². The molecule has 1 aliphatic rings. The van der Waals surface area contributed by atoms with Crippen molar-refractivity contribution >= 4 is 28.7 Å². The highest BCUT2D eigenvalue weighted by molar-refractivity contribution is 6.31. The second-order valence-corrected chi connectivity index (χ2v) is 6.68. The Bertz CT molecular complexity index is 1080. The maximum Gasteiger partial charge on any atom is 0.407 e. The number of aromatic nitrogens is 2. The Morgan fingerprint density at radius 1 is 1.19 bits per heavy atom. The molecule has 0 bridgehead atoms. The van der Waals surface area contributed by atoms with E-state index in [0.29, 0.717) is 29.2 Å².